The second-order valence-electron chi connectivity index (χ2n) is 14.5. The van der Waals surface area contributed by atoms with E-state index in [0.717, 1.165) is 39.6 Å². The van der Waals surface area contributed by atoms with E-state index in [1.807, 2.05) is 11.3 Å². The molecule has 1 aliphatic carbocycles. The zero-order valence-electron chi connectivity index (χ0n) is 29.7. The molecule has 0 saturated heterocycles. The van der Waals surface area contributed by atoms with Gasteiger partial charge in [-0.3, -0.25) is 4.57 Å². The number of hydrogen-bond donors (Lipinski definition) is 0. The fourth-order valence-corrected chi connectivity index (χ4v) is 10.2. The molecular formula is C50H32N4S. The van der Waals surface area contributed by atoms with Gasteiger partial charge in [0.1, 0.15) is 0 Å². The lowest BCUT2D eigenvalue weighted by Gasteiger charge is -2.20. The van der Waals surface area contributed by atoms with Gasteiger partial charge in [0.2, 0.25) is 5.95 Å². The Kier molecular flexibility index (Phi) is 6.59. The van der Waals surface area contributed by atoms with E-state index >= 15 is 0 Å². The number of benzene rings is 7. The molecule has 0 bridgehead atoms. The average molecular weight is 721 g/mol. The van der Waals surface area contributed by atoms with Gasteiger partial charge >= 0.3 is 0 Å². The van der Waals surface area contributed by atoms with Crippen molar-refractivity contribution >= 4 is 81.2 Å². The van der Waals surface area contributed by atoms with Crippen LogP contribution >= 0.6 is 11.3 Å². The van der Waals surface area contributed by atoms with Crippen LogP contribution in [0.1, 0.15) is 22.7 Å². The summed E-state index contributed by atoms with van der Waals surface area (Å²) in [7, 11) is 0. The van der Waals surface area contributed by atoms with Crippen LogP contribution in [0.15, 0.2) is 170 Å². The monoisotopic (exact) mass is 720 g/mol. The molecule has 0 spiro atoms. The van der Waals surface area contributed by atoms with E-state index in [0.29, 0.717) is 5.95 Å². The molecule has 258 valence electrons. The topological polar surface area (TPSA) is 35.6 Å². The Hall–Kier alpha value is -6.82. The number of rotatable bonds is 4. The molecule has 4 heterocycles. The normalized spacial score (nSPS) is 14.2. The zero-order valence-corrected chi connectivity index (χ0v) is 30.5. The SMILES string of the molecule is C1=CC(c2ccc3c4ccccc4n(-c4nc(-c5ccccc5)c5ccc6c7ccccc7sc6c5n4)c3c2)Cc2c1n(-c1ccccc1)c1ccccc21. The minimum Gasteiger partial charge on any atom is -0.310 e. The number of fused-ring (bicyclic) bond motifs is 11. The highest BCUT2D eigenvalue weighted by atomic mass is 32.1. The first-order valence-electron chi connectivity index (χ1n) is 18.9. The molecule has 12 rings (SSSR count). The molecule has 0 fully saturated rings. The fraction of sp³-hybridized carbons (Fsp3) is 0.0400. The Labute approximate surface area is 320 Å². The third-order valence-corrected chi connectivity index (χ3v) is 12.7. The quantitative estimate of drug-likeness (QED) is 0.181. The first-order valence-corrected chi connectivity index (χ1v) is 19.7. The Morgan fingerprint density at radius 2 is 1.18 bits per heavy atom. The maximum absolute atomic E-state index is 5.51. The molecule has 7 aromatic carbocycles. The molecule has 0 aliphatic heterocycles. The summed E-state index contributed by atoms with van der Waals surface area (Å²) in [4.78, 5) is 11.0. The molecule has 0 radical (unpaired) electrons. The molecular weight excluding hydrogens is 689 g/mol. The first-order chi connectivity index (χ1) is 27.3. The number of hydrogen-bond acceptors (Lipinski definition) is 3. The Morgan fingerprint density at radius 1 is 0.527 bits per heavy atom. The predicted octanol–water partition coefficient (Wildman–Crippen LogP) is 13.1. The van der Waals surface area contributed by atoms with Crippen LogP contribution in [0.5, 0.6) is 0 Å². The van der Waals surface area contributed by atoms with Crippen LogP contribution in [-0.4, -0.2) is 19.1 Å². The number of nitrogens with zero attached hydrogens (tertiary/aromatic N) is 4. The molecule has 4 aromatic heterocycles. The van der Waals surface area contributed by atoms with Gasteiger partial charge in [-0.2, -0.15) is 0 Å². The number of allylic oxidation sites excluding steroid dienone is 1. The van der Waals surface area contributed by atoms with E-state index in [2.05, 4.69) is 185 Å². The van der Waals surface area contributed by atoms with Crippen molar-refractivity contribution in [2.75, 3.05) is 0 Å². The van der Waals surface area contributed by atoms with Gasteiger partial charge < -0.3 is 4.57 Å². The highest BCUT2D eigenvalue weighted by molar-refractivity contribution is 7.26. The number of aromatic nitrogens is 4. The van der Waals surface area contributed by atoms with Crippen molar-refractivity contribution in [1.82, 2.24) is 19.1 Å². The van der Waals surface area contributed by atoms with E-state index < -0.39 is 0 Å². The Morgan fingerprint density at radius 3 is 2.02 bits per heavy atom. The van der Waals surface area contributed by atoms with Crippen molar-refractivity contribution in [2.24, 2.45) is 0 Å². The predicted molar refractivity (Wildman–Crippen MR) is 231 cm³/mol. The standard InChI is InChI=1S/C50H32N4S/c1-3-13-31(14-4-1)47-40-27-26-39-38-19-9-12-22-46(38)55-49(39)48(40)52-50(51-47)54-43-21-11-7-17-35(43)37-25-23-33(30-45(37)54)32-24-28-44-41(29-32)36-18-8-10-20-42(36)53(44)34-15-5-2-6-16-34/h1-28,30,32H,29H2. The third-order valence-electron chi connectivity index (χ3n) is 11.5. The van der Waals surface area contributed by atoms with Gasteiger partial charge in [0.15, 0.2) is 0 Å². The molecule has 11 aromatic rings. The van der Waals surface area contributed by atoms with Crippen molar-refractivity contribution < 1.29 is 0 Å². The Bertz CT molecular complexity index is 3350. The maximum Gasteiger partial charge on any atom is 0.235 e. The van der Waals surface area contributed by atoms with E-state index in [1.54, 1.807) is 0 Å². The number of para-hydroxylation sites is 3. The van der Waals surface area contributed by atoms with Crippen LogP contribution < -0.4 is 0 Å². The van der Waals surface area contributed by atoms with Crippen LogP contribution in [-0.2, 0) is 6.42 Å². The average Bonchev–Trinajstić information content (AvgIpc) is 3.91. The summed E-state index contributed by atoms with van der Waals surface area (Å²) in [5, 5.41) is 7.28. The molecule has 55 heavy (non-hydrogen) atoms. The van der Waals surface area contributed by atoms with Crippen molar-refractivity contribution in [3.63, 3.8) is 0 Å². The highest BCUT2D eigenvalue weighted by Gasteiger charge is 2.25. The largest absolute Gasteiger partial charge is 0.310 e. The lowest BCUT2D eigenvalue weighted by atomic mass is 9.86. The van der Waals surface area contributed by atoms with Crippen LogP contribution in [0.4, 0.5) is 0 Å². The molecule has 1 unspecified atom stereocenters. The maximum atomic E-state index is 5.51. The van der Waals surface area contributed by atoms with Gasteiger partial charge in [-0.25, -0.2) is 9.97 Å². The second-order valence-corrected chi connectivity index (χ2v) is 15.6. The summed E-state index contributed by atoms with van der Waals surface area (Å²) in [5.74, 6) is 0.904. The van der Waals surface area contributed by atoms with Crippen LogP contribution in [0.3, 0.4) is 0 Å². The summed E-state index contributed by atoms with van der Waals surface area (Å²) in [6.45, 7) is 0. The summed E-state index contributed by atoms with van der Waals surface area (Å²) >= 11 is 1.82. The molecule has 1 aliphatic rings. The lowest BCUT2D eigenvalue weighted by Crippen LogP contribution is -2.08. The van der Waals surface area contributed by atoms with Gasteiger partial charge in [0.05, 0.1) is 32.5 Å². The van der Waals surface area contributed by atoms with Crippen LogP contribution in [0, 0.1) is 0 Å². The molecule has 0 N–H and O–H groups in total. The molecule has 0 amide bonds. The molecule has 4 nitrogen and oxygen atoms in total. The minimum absolute atomic E-state index is 0.217. The lowest BCUT2D eigenvalue weighted by molar-refractivity contribution is 0.826. The van der Waals surface area contributed by atoms with Gasteiger partial charge in [0.25, 0.3) is 0 Å². The van der Waals surface area contributed by atoms with Crippen LogP contribution in [0.25, 0.3) is 92.8 Å². The Balaban J connectivity index is 1.08. The van der Waals surface area contributed by atoms with Gasteiger partial charge in [-0.1, -0.05) is 127 Å². The van der Waals surface area contributed by atoms with Gasteiger partial charge in [-0.15, -0.1) is 11.3 Å². The summed E-state index contributed by atoms with van der Waals surface area (Å²) in [6.07, 6.45) is 5.66. The molecule has 1 atom stereocenters. The fourth-order valence-electron chi connectivity index (χ4n) is 9.01. The summed E-state index contributed by atoms with van der Waals surface area (Å²) in [5.41, 5.74) is 11.6. The minimum atomic E-state index is 0.217. The van der Waals surface area contributed by atoms with E-state index in [1.165, 1.54) is 64.4 Å². The molecule has 0 saturated carbocycles. The van der Waals surface area contributed by atoms with Gasteiger partial charge in [-0.05, 0) is 66.1 Å². The zero-order chi connectivity index (χ0) is 36.0. The van der Waals surface area contributed by atoms with Crippen molar-refractivity contribution in [3.8, 4) is 22.9 Å². The number of thiophene rings is 1. The van der Waals surface area contributed by atoms with Crippen molar-refractivity contribution in [1.29, 1.82) is 0 Å². The van der Waals surface area contributed by atoms with E-state index in [9.17, 15) is 0 Å². The van der Waals surface area contributed by atoms with E-state index in [4.69, 9.17) is 9.97 Å². The first kappa shape index (κ1) is 30.6. The smallest absolute Gasteiger partial charge is 0.235 e. The summed E-state index contributed by atoms with van der Waals surface area (Å²) in [6, 6.07) is 58.9. The summed E-state index contributed by atoms with van der Waals surface area (Å²) < 4.78 is 7.17. The van der Waals surface area contributed by atoms with E-state index in [-0.39, 0.29) is 5.92 Å². The highest BCUT2D eigenvalue weighted by Crippen LogP contribution is 2.43. The van der Waals surface area contributed by atoms with Crippen LogP contribution in [0.2, 0.25) is 0 Å². The third kappa shape index (κ3) is 4.57. The van der Waals surface area contributed by atoms with Gasteiger partial charge in [0, 0.05) is 59.9 Å². The van der Waals surface area contributed by atoms with Crippen molar-refractivity contribution in [3.05, 3.63) is 187 Å². The molecule has 5 heteroatoms. The van der Waals surface area contributed by atoms with Crippen molar-refractivity contribution in [2.45, 2.75) is 12.3 Å². The second kappa shape index (κ2) is 11.8.